The van der Waals surface area contributed by atoms with Gasteiger partial charge in [0.05, 0.1) is 11.5 Å². The highest BCUT2D eigenvalue weighted by Crippen LogP contribution is 2.30. The average molecular weight is 281 g/mol. The van der Waals surface area contributed by atoms with Gasteiger partial charge in [-0.15, -0.1) is 11.3 Å². The Morgan fingerprint density at radius 2 is 2.11 bits per heavy atom. The molecule has 1 heterocycles. The predicted octanol–water partition coefficient (Wildman–Crippen LogP) is 2.53. The molecular weight excluding hydrogens is 262 g/mol. The Morgan fingerprint density at radius 3 is 2.58 bits per heavy atom. The van der Waals surface area contributed by atoms with Gasteiger partial charge in [0, 0.05) is 10.9 Å². The molecule has 1 aliphatic carbocycles. The monoisotopic (exact) mass is 281 g/mol. The number of thiophene rings is 1. The normalized spacial score (nSPS) is 14.3. The van der Waals surface area contributed by atoms with Gasteiger partial charge in [-0.3, -0.25) is 9.59 Å². The molecule has 0 aromatic carbocycles. The maximum atomic E-state index is 12.5. The molecule has 0 aliphatic heterocycles. The van der Waals surface area contributed by atoms with Crippen LogP contribution in [0.5, 0.6) is 0 Å². The van der Waals surface area contributed by atoms with Crippen LogP contribution in [-0.2, 0) is 9.53 Å². The molecular formula is C14H19NO3S. The fraction of sp³-hybridized carbons (Fsp3) is 0.571. The van der Waals surface area contributed by atoms with Crippen molar-refractivity contribution in [2.75, 3.05) is 13.2 Å². The first-order valence-corrected chi connectivity index (χ1v) is 7.38. The van der Waals surface area contributed by atoms with Crippen LogP contribution in [0.15, 0.2) is 6.07 Å². The fourth-order valence-corrected chi connectivity index (χ4v) is 2.91. The van der Waals surface area contributed by atoms with Crippen molar-refractivity contribution in [1.82, 2.24) is 4.90 Å². The number of rotatable bonds is 5. The number of aryl methyl sites for hydroxylation is 2. The molecule has 1 aromatic heterocycles. The van der Waals surface area contributed by atoms with Gasteiger partial charge in [-0.05, 0) is 45.2 Å². The topological polar surface area (TPSA) is 46.6 Å². The largest absolute Gasteiger partial charge is 0.465 e. The van der Waals surface area contributed by atoms with Crippen LogP contribution in [0.25, 0.3) is 0 Å². The van der Waals surface area contributed by atoms with Crippen LogP contribution >= 0.6 is 11.3 Å². The predicted molar refractivity (Wildman–Crippen MR) is 74.5 cm³/mol. The molecule has 104 valence electrons. The minimum atomic E-state index is -0.326. The van der Waals surface area contributed by atoms with E-state index in [4.69, 9.17) is 4.74 Å². The lowest BCUT2D eigenvalue weighted by Gasteiger charge is -2.20. The van der Waals surface area contributed by atoms with Crippen molar-refractivity contribution < 1.29 is 14.3 Å². The summed E-state index contributed by atoms with van der Waals surface area (Å²) in [5.74, 6) is -0.371. The lowest BCUT2D eigenvalue weighted by molar-refractivity contribution is -0.143. The number of hydrogen-bond donors (Lipinski definition) is 0. The standard InChI is InChI=1S/C14H19NO3S/c1-4-18-13(16)8-15(11-5-6-11)14(17)12-7-9(2)10(3)19-12/h7,11H,4-6,8H2,1-3H3. The zero-order valence-corrected chi connectivity index (χ0v) is 12.4. The fourth-order valence-electron chi connectivity index (χ4n) is 1.92. The lowest BCUT2D eigenvalue weighted by atomic mass is 10.2. The summed E-state index contributed by atoms with van der Waals surface area (Å²) < 4.78 is 4.94. The Kier molecular flexibility index (Phi) is 4.24. The summed E-state index contributed by atoms with van der Waals surface area (Å²) in [6.07, 6.45) is 1.96. The maximum absolute atomic E-state index is 12.5. The Labute approximate surface area is 117 Å². The van der Waals surface area contributed by atoms with Crippen molar-refractivity contribution in [3.63, 3.8) is 0 Å². The first kappa shape index (κ1) is 14.1. The van der Waals surface area contributed by atoms with Crippen molar-refractivity contribution in [2.45, 2.75) is 39.7 Å². The lowest BCUT2D eigenvalue weighted by Crippen LogP contribution is -2.37. The van der Waals surface area contributed by atoms with Crippen LogP contribution in [-0.4, -0.2) is 36.0 Å². The molecule has 19 heavy (non-hydrogen) atoms. The highest BCUT2D eigenvalue weighted by Gasteiger charge is 2.35. The van der Waals surface area contributed by atoms with Crippen LogP contribution in [0.2, 0.25) is 0 Å². The second-order valence-electron chi connectivity index (χ2n) is 4.82. The van der Waals surface area contributed by atoms with E-state index in [2.05, 4.69) is 0 Å². The molecule has 5 heteroatoms. The summed E-state index contributed by atoms with van der Waals surface area (Å²) in [7, 11) is 0. The average Bonchev–Trinajstić information content (AvgIpc) is 3.13. The van der Waals surface area contributed by atoms with Crippen molar-refractivity contribution in [1.29, 1.82) is 0 Å². The third-order valence-electron chi connectivity index (χ3n) is 3.23. The third-order valence-corrected chi connectivity index (χ3v) is 4.37. The summed E-state index contributed by atoms with van der Waals surface area (Å²) in [4.78, 5) is 27.6. The zero-order chi connectivity index (χ0) is 14.0. The Balaban J connectivity index is 2.10. The highest BCUT2D eigenvalue weighted by atomic mass is 32.1. The maximum Gasteiger partial charge on any atom is 0.325 e. The summed E-state index contributed by atoms with van der Waals surface area (Å²) in [5.41, 5.74) is 1.13. The van der Waals surface area contributed by atoms with Gasteiger partial charge in [-0.25, -0.2) is 0 Å². The van der Waals surface area contributed by atoms with Crippen molar-refractivity contribution in [3.05, 3.63) is 21.4 Å². The van der Waals surface area contributed by atoms with Gasteiger partial charge in [0.2, 0.25) is 0 Å². The Morgan fingerprint density at radius 1 is 1.42 bits per heavy atom. The summed E-state index contributed by atoms with van der Waals surface area (Å²) in [6, 6.07) is 2.11. The van der Waals surface area contributed by atoms with Gasteiger partial charge in [0.15, 0.2) is 0 Å². The van der Waals surface area contributed by atoms with E-state index >= 15 is 0 Å². The quantitative estimate of drug-likeness (QED) is 0.779. The van der Waals surface area contributed by atoms with Gasteiger partial charge in [0.1, 0.15) is 6.54 Å². The molecule has 0 bridgehead atoms. The SMILES string of the molecule is CCOC(=O)CN(C(=O)c1cc(C)c(C)s1)C1CC1. The highest BCUT2D eigenvalue weighted by molar-refractivity contribution is 7.14. The Bertz CT molecular complexity index is 471. The third kappa shape index (κ3) is 3.35. The van der Waals surface area contributed by atoms with E-state index in [1.54, 1.807) is 11.8 Å². The van der Waals surface area contributed by atoms with Crippen molar-refractivity contribution >= 4 is 23.2 Å². The van der Waals surface area contributed by atoms with Crippen LogP contribution in [0, 0.1) is 13.8 Å². The minimum absolute atomic E-state index is 0.0447. The second kappa shape index (κ2) is 5.74. The first-order valence-electron chi connectivity index (χ1n) is 6.56. The van der Waals surface area contributed by atoms with E-state index in [1.807, 2.05) is 19.9 Å². The molecule has 0 unspecified atom stereocenters. The summed E-state index contributed by atoms with van der Waals surface area (Å²) in [6.45, 7) is 6.18. The molecule has 0 atom stereocenters. The number of ether oxygens (including phenoxy) is 1. The first-order chi connectivity index (χ1) is 9.02. The zero-order valence-electron chi connectivity index (χ0n) is 11.6. The van der Waals surface area contributed by atoms with E-state index in [1.165, 1.54) is 11.3 Å². The van der Waals surface area contributed by atoms with Crippen LogP contribution in [0.1, 0.15) is 39.9 Å². The number of carbonyl (C=O) groups is 2. The number of esters is 1. The molecule has 4 nitrogen and oxygen atoms in total. The minimum Gasteiger partial charge on any atom is -0.465 e. The summed E-state index contributed by atoms with van der Waals surface area (Å²) >= 11 is 1.49. The molecule has 0 N–H and O–H groups in total. The molecule has 0 saturated heterocycles. The van der Waals surface area contributed by atoms with Gasteiger partial charge in [-0.1, -0.05) is 0 Å². The van der Waals surface area contributed by atoms with Gasteiger partial charge >= 0.3 is 5.97 Å². The van der Waals surface area contributed by atoms with E-state index < -0.39 is 0 Å². The number of hydrogen-bond acceptors (Lipinski definition) is 4. The number of carbonyl (C=O) groups excluding carboxylic acids is 2. The molecule has 1 saturated carbocycles. The van der Waals surface area contributed by atoms with E-state index in [9.17, 15) is 9.59 Å². The molecule has 0 spiro atoms. The van der Waals surface area contributed by atoms with E-state index in [0.717, 1.165) is 23.3 Å². The molecule has 1 amide bonds. The summed E-state index contributed by atoms with van der Waals surface area (Å²) in [5, 5.41) is 0. The number of nitrogens with zero attached hydrogens (tertiary/aromatic N) is 1. The van der Waals surface area contributed by atoms with Crippen molar-refractivity contribution in [3.8, 4) is 0 Å². The van der Waals surface area contributed by atoms with E-state index in [0.29, 0.717) is 11.5 Å². The van der Waals surface area contributed by atoms with Gasteiger partial charge in [0.25, 0.3) is 5.91 Å². The van der Waals surface area contributed by atoms with Gasteiger partial charge < -0.3 is 9.64 Å². The van der Waals surface area contributed by atoms with Crippen LogP contribution in [0.4, 0.5) is 0 Å². The number of amides is 1. The second-order valence-corrected chi connectivity index (χ2v) is 6.08. The Hall–Kier alpha value is -1.36. The van der Waals surface area contributed by atoms with Crippen LogP contribution in [0.3, 0.4) is 0 Å². The van der Waals surface area contributed by atoms with Gasteiger partial charge in [-0.2, -0.15) is 0 Å². The molecule has 1 fully saturated rings. The molecule has 1 aliphatic rings. The van der Waals surface area contributed by atoms with Crippen LogP contribution < -0.4 is 0 Å². The molecule has 1 aromatic rings. The van der Waals surface area contributed by atoms with E-state index in [-0.39, 0.29) is 24.5 Å². The molecule has 2 rings (SSSR count). The van der Waals surface area contributed by atoms with Crippen molar-refractivity contribution in [2.24, 2.45) is 0 Å². The molecule has 0 radical (unpaired) electrons. The smallest absolute Gasteiger partial charge is 0.325 e.